The number of nitrogens with one attached hydrogen (secondary N) is 1. The van der Waals surface area contributed by atoms with E-state index in [1.54, 1.807) is 0 Å². The Hall–Kier alpha value is -1.81. The zero-order valence-corrected chi connectivity index (χ0v) is 10.8. The van der Waals surface area contributed by atoms with Crippen LogP contribution in [0.4, 0.5) is 0 Å². The first-order valence-corrected chi connectivity index (χ1v) is 6.19. The summed E-state index contributed by atoms with van der Waals surface area (Å²) in [7, 11) is 2.00. The number of para-hydroxylation sites is 1. The third kappa shape index (κ3) is 3.11. The van der Waals surface area contributed by atoms with Crippen LogP contribution in [0.25, 0.3) is 0 Å². The molecule has 0 aliphatic rings. The van der Waals surface area contributed by atoms with Crippen LogP contribution in [0.15, 0.2) is 42.7 Å². The molecule has 18 heavy (non-hydrogen) atoms. The van der Waals surface area contributed by atoms with Crippen molar-refractivity contribution in [1.29, 1.82) is 0 Å². The van der Waals surface area contributed by atoms with Crippen molar-refractivity contribution in [3.05, 3.63) is 48.5 Å². The summed E-state index contributed by atoms with van der Waals surface area (Å²) in [6, 6.07) is 9.95. The molecule has 96 valence electrons. The highest BCUT2D eigenvalue weighted by Gasteiger charge is 2.15. The summed E-state index contributed by atoms with van der Waals surface area (Å²) >= 11 is 0. The van der Waals surface area contributed by atoms with E-state index < -0.39 is 0 Å². The predicted octanol–water partition coefficient (Wildman–Crippen LogP) is 2.15. The fraction of sp³-hybridized carbons (Fsp3) is 0.357. The maximum absolute atomic E-state index is 5.78. The van der Waals surface area contributed by atoms with Crippen LogP contribution in [0.3, 0.4) is 0 Å². The average molecular weight is 245 g/mol. The second kappa shape index (κ2) is 6.21. The summed E-state index contributed by atoms with van der Waals surface area (Å²) in [6.07, 6.45) is 3.75. The normalized spacial score (nSPS) is 12.3. The van der Waals surface area contributed by atoms with E-state index in [-0.39, 0.29) is 6.04 Å². The lowest BCUT2D eigenvalue weighted by molar-refractivity contribution is 0.260. The fourth-order valence-corrected chi connectivity index (χ4v) is 1.88. The van der Waals surface area contributed by atoms with E-state index in [4.69, 9.17) is 4.74 Å². The Kier molecular flexibility index (Phi) is 4.36. The van der Waals surface area contributed by atoms with Crippen molar-refractivity contribution >= 4 is 0 Å². The van der Waals surface area contributed by atoms with Crippen LogP contribution in [-0.4, -0.2) is 22.7 Å². The lowest BCUT2D eigenvalue weighted by atomic mass is 10.3. The molecule has 0 amide bonds. The van der Waals surface area contributed by atoms with Crippen LogP contribution < -0.4 is 10.1 Å². The Bertz CT molecular complexity index is 467. The van der Waals surface area contributed by atoms with Gasteiger partial charge in [-0.15, -0.1) is 0 Å². The summed E-state index contributed by atoms with van der Waals surface area (Å²) in [4.78, 5) is 4.37. The van der Waals surface area contributed by atoms with E-state index in [0.717, 1.165) is 18.1 Å². The number of aromatic nitrogens is 2. The van der Waals surface area contributed by atoms with Crippen LogP contribution in [-0.2, 0) is 7.05 Å². The first-order valence-electron chi connectivity index (χ1n) is 6.19. The molecule has 1 heterocycles. The fourth-order valence-electron chi connectivity index (χ4n) is 1.88. The quantitative estimate of drug-likeness (QED) is 0.847. The lowest BCUT2D eigenvalue weighted by Crippen LogP contribution is -2.29. The van der Waals surface area contributed by atoms with E-state index in [0.29, 0.717) is 6.61 Å². The molecule has 1 N–H and O–H groups in total. The van der Waals surface area contributed by atoms with E-state index in [2.05, 4.69) is 17.2 Å². The average Bonchev–Trinajstić information content (AvgIpc) is 2.82. The van der Waals surface area contributed by atoms with Crippen LogP contribution in [0.1, 0.15) is 18.8 Å². The van der Waals surface area contributed by atoms with E-state index in [1.165, 1.54) is 0 Å². The monoisotopic (exact) mass is 245 g/mol. The summed E-state index contributed by atoms with van der Waals surface area (Å²) < 4.78 is 7.80. The molecule has 0 saturated carbocycles. The molecule has 4 nitrogen and oxygen atoms in total. The standard InChI is InChI=1S/C14H19N3O/c1-3-15-13(14-16-9-10-17(14)2)11-18-12-7-5-4-6-8-12/h4-10,13,15H,3,11H2,1-2H3. The number of benzene rings is 1. The number of likely N-dealkylation sites (N-methyl/N-ethyl adjacent to an activating group) is 1. The van der Waals surface area contributed by atoms with Gasteiger partial charge in [0.25, 0.3) is 0 Å². The molecule has 1 atom stereocenters. The topological polar surface area (TPSA) is 39.1 Å². The molecule has 0 saturated heterocycles. The van der Waals surface area contributed by atoms with Crippen LogP contribution in [0.2, 0.25) is 0 Å². The Labute approximate surface area is 108 Å². The van der Waals surface area contributed by atoms with Gasteiger partial charge in [0.05, 0.1) is 0 Å². The molecule has 1 aromatic heterocycles. The third-order valence-electron chi connectivity index (χ3n) is 2.78. The molecule has 1 unspecified atom stereocenters. The smallest absolute Gasteiger partial charge is 0.129 e. The number of hydrogen-bond acceptors (Lipinski definition) is 3. The van der Waals surface area contributed by atoms with Gasteiger partial charge >= 0.3 is 0 Å². The second-order valence-corrected chi connectivity index (χ2v) is 4.13. The predicted molar refractivity (Wildman–Crippen MR) is 71.6 cm³/mol. The highest BCUT2D eigenvalue weighted by Crippen LogP contribution is 2.14. The Morgan fingerprint density at radius 1 is 1.33 bits per heavy atom. The molecule has 1 aromatic carbocycles. The van der Waals surface area contributed by atoms with Gasteiger partial charge in [-0.2, -0.15) is 0 Å². The van der Waals surface area contributed by atoms with Gasteiger partial charge in [-0.3, -0.25) is 0 Å². The maximum Gasteiger partial charge on any atom is 0.129 e. The summed E-state index contributed by atoms with van der Waals surface area (Å²) in [5.41, 5.74) is 0. The molecule has 4 heteroatoms. The molecule has 0 aliphatic carbocycles. The molecule has 0 fully saturated rings. The summed E-state index contributed by atoms with van der Waals surface area (Å²) in [6.45, 7) is 3.54. The molecule has 2 aromatic rings. The summed E-state index contributed by atoms with van der Waals surface area (Å²) in [5.74, 6) is 1.88. The van der Waals surface area contributed by atoms with Crippen LogP contribution in [0, 0.1) is 0 Å². The van der Waals surface area contributed by atoms with Gasteiger partial charge in [-0.25, -0.2) is 4.98 Å². The highest BCUT2D eigenvalue weighted by atomic mass is 16.5. The van der Waals surface area contributed by atoms with Gasteiger partial charge < -0.3 is 14.6 Å². The molecule has 0 aliphatic heterocycles. The summed E-state index contributed by atoms with van der Waals surface area (Å²) in [5, 5.41) is 3.39. The number of nitrogens with zero attached hydrogens (tertiary/aromatic N) is 2. The molecular formula is C14H19N3O. The van der Waals surface area contributed by atoms with Crippen molar-refractivity contribution in [3.8, 4) is 5.75 Å². The first-order chi connectivity index (χ1) is 8.81. The SMILES string of the molecule is CCNC(COc1ccccc1)c1nccn1C. The number of aryl methyl sites for hydroxylation is 1. The molecule has 0 radical (unpaired) electrons. The molecule has 0 spiro atoms. The number of hydrogen-bond donors (Lipinski definition) is 1. The molecule has 0 bridgehead atoms. The van der Waals surface area contributed by atoms with Crippen LogP contribution >= 0.6 is 0 Å². The Balaban J connectivity index is 2.01. The zero-order valence-electron chi connectivity index (χ0n) is 10.8. The van der Waals surface area contributed by atoms with Crippen molar-refractivity contribution in [2.75, 3.05) is 13.2 Å². The van der Waals surface area contributed by atoms with E-state index in [1.807, 2.05) is 54.3 Å². The zero-order chi connectivity index (χ0) is 12.8. The minimum atomic E-state index is 0.107. The van der Waals surface area contributed by atoms with Gasteiger partial charge in [0.2, 0.25) is 0 Å². The van der Waals surface area contributed by atoms with Crippen molar-refractivity contribution in [3.63, 3.8) is 0 Å². The van der Waals surface area contributed by atoms with Crippen LogP contribution in [0.5, 0.6) is 5.75 Å². The van der Waals surface area contributed by atoms with Crippen molar-refractivity contribution in [1.82, 2.24) is 14.9 Å². The Morgan fingerprint density at radius 2 is 2.11 bits per heavy atom. The van der Waals surface area contributed by atoms with E-state index in [9.17, 15) is 0 Å². The Morgan fingerprint density at radius 3 is 2.72 bits per heavy atom. The van der Waals surface area contributed by atoms with Crippen molar-refractivity contribution in [2.45, 2.75) is 13.0 Å². The van der Waals surface area contributed by atoms with E-state index >= 15 is 0 Å². The van der Waals surface area contributed by atoms with Crippen molar-refractivity contribution in [2.24, 2.45) is 7.05 Å². The largest absolute Gasteiger partial charge is 0.491 e. The lowest BCUT2D eigenvalue weighted by Gasteiger charge is -2.18. The van der Waals surface area contributed by atoms with Gasteiger partial charge in [0.1, 0.15) is 24.2 Å². The highest BCUT2D eigenvalue weighted by molar-refractivity contribution is 5.21. The minimum absolute atomic E-state index is 0.107. The number of rotatable bonds is 6. The second-order valence-electron chi connectivity index (χ2n) is 4.13. The maximum atomic E-state index is 5.78. The van der Waals surface area contributed by atoms with Gasteiger partial charge in [0, 0.05) is 19.4 Å². The molecular weight excluding hydrogens is 226 g/mol. The third-order valence-corrected chi connectivity index (χ3v) is 2.78. The molecule has 2 rings (SSSR count). The minimum Gasteiger partial charge on any atom is -0.491 e. The van der Waals surface area contributed by atoms with Crippen molar-refractivity contribution < 1.29 is 4.74 Å². The van der Waals surface area contributed by atoms with Gasteiger partial charge in [0.15, 0.2) is 0 Å². The first kappa shape index (κ1) is 12.6. The number of ether oxygens (including phenoxy) is 1. The van der Waals surface area contributed by atoms with Gasteiger partial charge in [-0.05, 0) is 18.7 Å². The van der Waals surface area contributed by atoms with Gasteiger partial charge in [-0.1, -0.05) is 25.1 Å². The number of imidazole rings is 1.